The van der Waals surface area contributed by atoms with Crippen molar-refractivity contribution in [1.82, 2.24) is 4.98 Å². The zero-order chi connectivity index (χ0) is 20.8. The van der Waals surface area contributed by atoms with Gasteiger partial charge in [0.15, 0.2) is 0 Å². The summed E-state index contributed by atoms with van der Waals surface area (Å²) in [5.41, 5.74) is 1.94. The lowest BCUT2D eigenvalue weighted by molar-refractivity contribution is -0.390. The van der Waals surface area contributed by atoms with Crippen LogP contribution in [-0.4, -0.2) is 22.9 Å². The van der Waals surface area contributed by atoms with Crippen LogP contribution in [0.5, 0.6) is 11.5 Å². The Labute approximate surface area is 167 Å². The van der Waals surface area contributed by atoms with Gasteiger partial charge in [0.25, 0.3) is 5.91 Å². The van der Waals surface area contributed by atoms with Gasteiger partial charge in [0, 0.05) is 5.56 Å². The number of rotatable bonds is 7. The van der Waals surface area contributed by atoms with Crippen molar-refractivity contribution in [3.8, 4) is 11.5 Å². The third-order valence-electron chi connectivity index (χ3n) is 4.12. The molecule has 0 aliphatic heterocycles. The third-order valence-corrected chi connectivity index (χ3v) is 4.12. The van der Waals surface area contributed by atoms with Gasteiger partial charge in [-0.05, 0) is 46.7 Å². The van der Waals surface area contributed by atoms with Crippen LogP contribution in [0, 0.1) is 17.0 Å². The maximum Gasteiger partial charge on any atom is 0.406 e. The van der Waals surface area contributed by atoms with E-state index in [1.54, 1.807) is 42.5 Å². The fourth-order valence-corrected chi connectivity index (χ4v) is 2.76. The zero-order valence-corrected chi connectivity index (χ0v) is 15.9. The van der Waals surface area contributed by atoms with Gasteiger partial charge in [-0.1, -0.05) is 36.4 Å². The van der Waals surface area contributed by atoms with E-state index in [9.17, 15) is 14.9 Å². The van der Waals surface area contributed by atoms with Crippen molar-refractivity contribution in [3.63, 3.8) is 0 Å². The highest BCUT2D eigenvalue weighted by Crippen LogP contribution is 2.31. The smallest absolute Gasteiger partial charge is 0.406 e. The Morgan fingerprint density at radius 2 is 1.86 bits per heavy atom. The van der Waals surface area contributed by atoms with E-state index in [4.69, 9.17) is 9.47 Å². The predicted molar refractivity (Wildman–Crippen MR) is 107 cm³/mol. The lowest BCUT2D eigenvalue weighted by Crippen LogP contribution is -2.26. The molecule has 29 heavy (non-hydrogen) atoms. The molecule has 8 heteroatoms. The fraction of sp³-hybridized carbons (Fsp3) is 0.143. The molecule has 1 aromatic heterocycles. The number of aryl methyl sites for hydroxylation is 1. The van der Waals surface area contributed by atoms with Crippen molar-refractivity contribution in [2.75, 3.05) is 12.4 Å². The molecule has 0 saturated heterocycles. The van der Waals surface area contributed by atoms with Crippen LogP contribution in [0.1, 0.15) is 17.2 Å². The Balaban J connectivity index is 1.96. The monoisotopic (exact) mass is 393 g/mol. The first-order valence-electron chi connectivity index (χ1n) is 8.76. The Bertz CT molecular complexity index is 1020. The number of aromatic nitrogens is 1. The number of methoxy groups -OCH3 is 1. The Kier molecular flexibility index (Phi) is 6.03. The standard InChI is InChI=1S/C21H19N3O5/c1-14-10-11-17(28-2)16(13-14)23-21(25)19(15-7-4-3-5-8-15)29-18-9-6-12-22-20(18)24(26)27/h3-13,19H,1-2H3,(H,23,25). The molecule has 1 heterocycles. The molecule has 1 atom stereocenters. The first kappa shape index (κ1) is 19.8. The summed E-state index contributed by atoms with van der Waals surface area (Å²) in [6, 6.07) is 17.0. The number of carbonyl (C=O) groups is 1. The minimum absolute atomic E-state index is 0.0993. The van der Waals surface area contributed by atoms with Gasteiger partial charge in [0.2, 0.25) is 11.9 Å². The maximum atomic E-state index is 13.1. The van der Waals surface area contributed by atoms with E-state index in [1.807, 2.05) is 13.0 Å². The van der Waals surface area contributed by atoms with Gasteiger partial charge < -0.3 is 24.9 Å². The van der Waals surface area contributed by atoms with E-state index in [0.29, 0.717) is 17.0 Å². The number of hydrogen-bond acceptors (Lipinski definition) is 6. The second-order valence-electron chi connectivity index (χ2n) is 6.18. The average Bonchev–Trinajstić information content (AvgIpc) is 2.73. The van der Waals surface area contributed by atoms with Gasteiger partial charge in [-0.3, -0.25) is 4.79 Å². The third kappa shape index (κ3) is 4.67. The number of ether oxygens (including phenoxy) is 2. The van der Waals surface area contributed by atoms with Crippen molar-refractivity contribution >= 4 is 17.4 Å². The van der Waals surface area contributed by atoms with Crippen LogP contribution in [0.4, 0.5) is 11.5 Å². The predicted octanol–water partition coefficient (Wildman–Crippen LogP) is 4.07. The number of pyridine rings is 1. The molecule has 1 N–H and O–H groups in total. The van der Waals surface area contributed by atoms with Crippen molar-refractivity contribution < 1.29 is 19.2 Å². The quantitative estimate of drug-likeness (QED) is 0.479. The number of hydrogen-bond donors (Lipinski definition) is 1. The first-order valence-corrected chi connectivity index (χ1v) is 8.76. The van der Waals surface area contributed by atoms with Crippen LogP contribution in [0.3, 0.4) is 0 Å². The molecular formula is C21H19N3O5. The normalized spacial score (nSPS) is 11.4. The average molecular weight is 393 g/mol. The van der Waals surface area contributed by atoms with Crippen molar-refractivity contribution in [1.29, 1.82) is 0 Å². The SMILES string of the molecule is COc1ccc(C)cc1NC(=O)C(Oc1cccnc1[N+](=O)[O-])c1ccccc1. The number of benzene rings is 2. The van der Waals surface area contributed by atoms with Crippen molar-refractivity contribution in [3.05, 3.63) is 88.1 Å². The molecule has 0 aliphatic rings. The van der Waals surface area contributed by atoms with Gasteiger partial charge >= 0.3 is 5.82 Å². The number of nitro groups is 1. The Morgan fingerprint density at radius 1 is 1.10 bits per heavy atom. The molecule has 3 rings (SSSR count). The van der Waals surface area contributed by atoms with Crippen LogP contribution < -0.4 is 14.8 Å². The molecular weight excluding hydrogens is 374 g/mol. The van der Waals surface area contributed by atoms with Crippen LogP contribution in [-0.2, 0) is 4.79 Å². The molecule has 8 nitrogen and oxygen atoms in total. The number of carbonyl (C=O) groups excluding carboxylic acids is 1. The number of amides is 1. The minimum Gasteiger partial charge on any atom is -0.495 e. The summed E-state index contributed by atoms with van der Waals surface area (Å²) in [7, 11) is 1.50. The molecule has 0 radical (unpaired) electrons. The van der Waals surface area contributed by atoms with Crippen molar-refractivity contribution in [2.45, 2.75) is 13.0 Å². The summed E-state index contributed by atoms with van der Waals surface area (Å²) in [5.74, 6) is -0.576. The molecule has 0 spiro atoms. The van der Waals surface area contributed by atoms with Gasteiger partial charge in [0.1, 0.15) is 11.9 Å². The van der Waals surface area contributed by atoms with E-state index < -0.39 is 22.8 Å². The van der Waals surface area contributed by atoms with Crippen LogP contribution in [0.2, 0.25) is 0 Å². The van der Waals surface area contributed by atoms with E-state index in [0.717, 1.165) is 5.56 Å². The lowest BCUT2D eigenvalue weighted by atomic mass is 10.1. The molecule has 0 fully saturated rings. The topological polar surface area (TPSA) is 104 Å². The van der Waals surface area contributed by atoms with E-state index in [2.05, 4.69) is 10.3 Å². The molecule has 1 amide bonds. The fourth-order valence-electron chi connectivity index (χ4n) is 2.76. The lowest BCUT2D eigenvalue weighted by Gasteiger charge is -2.20. The van der Waals surface area contributed by atoms with Crippen molar-refractivity contribution in [2.24, 2.45) is 0 Å². The van der Waals surface area contributed by atoms with Gasteiger partial charge in [-0.2, -0.15) is 0 Å². The Morgan fingerprint density at radius 3 is 2.55 bits per heavy atom. The number of nitrogens with zero attached hydrogens (tertiary/aromatic N) is 2. The second kappa shape index (κ2) is 8.83. The summed E-state index contributed by atoms with van der Waals surface area (Å²) in [5, 5.41) is 14.1. The largest absolute Gasteiger partial charge is 0.495 e. The molecule has 0 aliphatic carbocycles. The van der Waals surface area contributed by atoms with E-state index >= 15 is 0 Å². The summed E-state index contributed by atoms with van der Waals surface area (Å²) in [4.78, 5) is 27.4. The molecule has 3 aromatic rings. The summed E-state index contributed by atoms with van der Waals surface area (Å²) >= 11 is 0. The summed E-state index contributed by atoms with van der Waals surface area (Å²) < 4.78 is 11.1. The van der Waals surface area contributed by atoms with E-state index in [-0.39, 0.29) is 5.75 Å². The molecule has 2 aromatic carbocycles. The van der Waals surface area contributed by atoms with Crippen LogP contribution >= 0.6 is 0 Å². The number of nitrogens with one attached hydrogen (secondary N) is 1. The summed E-state index contributed by atoms with van der Waals surface area (Å²) in [6.07, 6.45) is 0.157. The highest BCUT2D eigenvalue weighted by atomic mass is 16.6. The van der Waals surface area contributed by atoms with Gasteiger partial charge in [-0.25, -0.2) is 0 Å². The van der Waals surface area contributed by atoms with Gasteiger partial charge in [-0.15, -0.1) is 0 Å². The molecule has 148 valence electrons. The highest BCUT2D eigenvalue weighted by Gasteiger charge is 2.27. The molecule has 1 unspecified atom stereocenters. The molecule has 0 saturated carbocycles. The van der Waals surface area contributed by atoms with E-state index in [1.165, 1.54) is 25.4 Å². The summed E-state index contributed by atoms with van der Waals surface area (Å²) in [6.45, 7) is 1.89. The molecule has 0 bridgehead atoms. The number of anilines is 1. The second-order valence-corrected chi connectivity index (χ2v) is 6.18. The van der Waals surface area contributed by atoms with Gasteiger partial charge in [0.05, 0.1) is 12.8 Å². The maximum absolute atomic E-state index is 13.1. The minimum atomic E-state index is -1.13. The van der Waals surface area contributed by atoms with Crippen LogP contribution in [0.15, 0.2) is 66.9 Å². The highest BCUT2D eigenvalue weighted by molar-refractivity contribution is 5.96. The Hall–Kier alpha value is -3.94. The first-order chi connectivity index (χ1) is 14.0. The zero-order valence-electron chi connectivity index (χ0n) is 15.9. The van der Waals surface area contributed by atoms with Crippen LogP contribution in [0.25, 0.3) is 0 Å².